The van der Waals surface area contributed by atoms with Gasteiger partial charge in [0, 0.05) is 48.5 Å². The van der Waals surface area contributed by atoms with Gasteiger partial charge in [-0.25, -0.2) is 9.69 Å². The lowest BCUT2D eigenvalue weighted by Crippen LogP contribution is -2.52. The molecule has 2 amide bonds. The summed E-state index contributed by atoms with van der Waals surface area (Å²) in [6, 6.07) is 13.6. The Balaban J connectivity index is 1.27. The van der Waals surface area contributed by atoms with Crippen LogP contribution in [0.4, 0.5) is 11.4 Å². The number of hydrogen-bond acceptors (Lipinski definition) is 7. The summed E-state index contributed by atoms with van der Waals surface area (Å²) in [4.78, 5) is 47.9. The summed E-state index contributed by atoms with van der Waals surface area (Å²) in [5, 5.41) is 1.69. The number of halogens is 1. The number of esters is 1. The Labute approximate surface area is 208 Å². The predicted molar refractivity (Wildman–Crippen MR) is 134 cm³/mol. The Morgan fingerprint density at radius 2 is 1.80 bits per heavy atom. The van der Waals surface area contributed by atoms with Crippen LogP contribution in [0.25, 0.3) is 10.9 Å². The number of pyridine rings is 1. The highest BCUT2D eigenvalue weighted by atomic mass is 35.5. The van der Waals surface area contributed by atoms with Gasteiger partial charge in [-0.05, 0) is 55.5 Å². The largest absolute Gasteiger partial charge is 0.462 e. The van der Waals surface area contributed by atoms with Crippen molar-refractivity contribution >= 4 is 51.7 Å². The molecule has 8 nitrogen and oxygen atoms in total. The van der Waals surface area contributed by atoms with Gasteiger partial charge in [-0.1, -0.05) is 11.6 Å². The maximum atomic E-state index is 13.2. The molecule has 35 heavy (non-hydrogen) atoms. The van der Waals surface area contributed by atoms with E-state index >= 15 is 0 Å². The van der Waals surface area contributed by atoms with Crippen LogP contribution < -0.4 is 9.80 Å². The number of amides is 2. The zero-order valence-corrected chi connectivity index (χ0v) is 20.1. The quantitative estimate of drug-likeness (QED) is 0.398. The minimum atomic E-state index is -0.484. The van der Waals surface area contributed by atoms with Crippen molar-refractivity contribution in [3.8, 4) is 0 Å². The van der Waals surface area contributed by atoms with Crippen LogP contribution >= 0.6 is 11.6 Å². The van der Waals surface area contributed by atoms with E-state index in [4.69, 9.17) is 16.3 Å². The van der Waals surface area contributed by atoms with Crippen LogP contribution in [0.1, 0.15) is 23.7 Å². The number of ether oxygens (including phenoxy) is 1. The Bertz CT molecular complexity index is 1290. The number of nitrogens with zero attached hydrogens (tertiary/aromatic N) is 4. The first-order chi connectivity index (χ1) is 17.0. The molecular formula is C26H25ClN4O4. The van der Waals surface area contributed by atoms with Gasteiger partial charge < -0.3 is 9.64 Å². The number of anilines is 2. The lowest BCUT2D eigenvalue weighted by molar-refractivity contribution is -0.123. The fourth-order valence-electron chi connectivity index (χ4n) is 4.79. The predicted octanol–water partition coefficient (Wildman–Crippen LogP) is 3.52. The molecule has 2 aromatic carbocycles. The van der Waals surface area contributed by atoms with Gasteiger partial charge >= 0.3 is 5.97 Å². The van der Waals surface area contributed by atoms with Crippen LogP contribution in [-0.4, -0.2) is 66.5 Å². The molecule has 3 aromatic rings. The molecule has 2 aliphatic rings. The van der Waals surface area contributed by atoms with E-state index in [0.29, 0.717) is 29.4 Å². The number of imide groups is 1. The summed E-state index contributed by atoms with van der Waals surface area (Å²) >= 11 is 6.12. The SMILES string of the molecule is CCOC(=O)c1ccc(N2C(=O)C[C@@H](N3CCN(c4ccnc5cc(Cl)ccc45)CC3)C2=O)cc1. The molecule has 0 radical (unpaired) electrons. The number of carbonyl (C=O) groups excluding carboxylic acids is 3. The zero-order valence-electron chi connectivity index (χ0n) is 19.3. The first-order valence-electron chi connectivity index (χ1n) is 11.6. The third-order valence-electron chi connectivity index (χ3n) is 6.54. The highest BCUT2D eigenvalue weighted by Crippen LogP contribution is 2.30. The van der Waals surface area contributed by atoms with E-state index in [1.165, 1.54) is 4.90 Å². The maximum Gasteiger partial charge on any atom is 0.338 e. The van der Waals surface area contributed by atoms with Crippen molar-refractivity contribution in [3.63, 3.8) is 0 Å². The third kappa shape index (κ3) is 4.47. The topological polar surface area (TPSA) is 83.1 Å². The standard InChI is InChI=1S/C26H25ClN4O4/c1-2-35-26(34)17-3-6-19(7-4-17)31-24(32)16-23(25(31)33)30-13-11-29(12-14-30)22-9-10-28-21-15-18(27)5-8-20(21)22/h3-10,15,23H,2,11-14,16H2,1H3/t23-/m1/s1. The van der Waals surface area contributed by atoms with Crippen LogP contribution in [0.5, 0.6) is 0 Å². The lowest BCUT2D eigenvalue weighted by atomic mass is 10.1. The van der Waals surface area contributed by atoms with Gasteiger partial charge in [0.2, 0.25) is 5.91 Å². The van der Waals surface area contributed by atoms with Crippen LogP contribution in [0, 0.1) is 0 Å². The van der Waals surface area contributed by atoms with E-state index in [0.717, 1.165) is 29.7 Å². The minimum absolute atomic E-state index is 0.148. The lowest BCUT2D eigenvalue weighted by Gasteiger charge is -2.38. The summed E-state index contributed by atoms with van der Waals surface area (Å²) in [5.74, 6) is -0.890. The molecule has 0 aliphatic carbocycles. The molecule has 2 fully saturated rings. The van der Waals surface area contributed by atoms with Crippen LogP contribution in [0.15, 0.2) is 54.7 Å². The summed E-state index contributed by atoms with van der Waals surface area (Å²) in [6.07, 6.45) is 1.93. The van der Waals surface area contributed by atoms with Crippen molar-refractivity contribution in [1.82, 2.24) is 9.88 Å². The van der Waals surface area contributed by atoms with E-state index < -0.39 is 12.0 Å². The Morgan fingerprint density at radius 3 is 2.51 bits per heavy atom. The first kappa shape index (κ1) is 23.3. The second-order valence-electron chi connectivity index (χ2n) is 8.57. The molecule has 0 spiro atoms. The molecule has 1 aromatic heterocycles. The van der Waals surface area contributed by atoms with Gasteiger partial charge in [-0.3, -0.25) is 19.5 Å². The number of piperazine rings is 1. The van der Waals surface area contributed by atoms with Gasteiger partial charge in [0.1, 0.15) is 0 Å². The minimum Gasteiger partial charge on any atom is -0.462 e. The van der Waals surface area contributed by atoms with Gasteiger partial charge in [0.15, 0.2) is 0 Å². The summed E-state index contributed by atoms with van der Waals surface area (Å²) in [7, 11) is 0. The maximum absolute atomic E-state index is 13.2. The van der Waals surface area contributed by atoms with Crippen molar-refractivity contribution in [2.45, 2.75) is 19.4 Å². The second kappa shape index (κ2) is 9.64. The fourth-order valence-corrected chi connectivity index (χ4v) is 4.96. The van der Waals surface area contributed by atoms with Gasteiger partial charge in [0.25, 0.3) is 5.91 Å². The number of carbonyl (C=O) groups is 3. The molecule has 0 saturated carbocycles. The second-order valence-corrected chi connectivity index (χ2v) is 9.01. The molecule has 5 rings (SSSR count). The van der Waals surface area contributed by atoms with Crippen molar-refractivity contribution in [2.24, 2.45) is 0 Å². The number of rotatable bonds is 5. The van der Waals surface area contributed by atoms with E-state index in [2.05, 4.69) is 14.8 Å². The molecule has 1 atom stereocenters. The molecule has 9 heteroatoms. The van der Waals surface area contributed by atoms with Crippen LogP contribution in [0.2, 0.25) is 5.02 Å². The Morgan fingerprint density at radius 1 is 1.06 bits per heavy atom. The first-order valence-corrected chi connectivity index (χ1v) is 12.0. The van der Waals surface area contributed by atoms with E-state index in [1.54, 1.807) is 37.4 Å². The van der Waals surface area contributed by atoms with Gasteiger partial charge in [-0.2, -0.15) is 0 Å². The molecule has 0 N–H and O–H groups in total. The van der Waals surface area contributed by atoms with Crippen molar-refractivity contribution in [1.29, 1.82) is 0 Å². The number of fused-ring (bicyclic) bond motifs is 1. The van der Waals surface area contributed by atoms with Gasteiger partial charge in [0.05, 0.1) is 35.8 Å². The molecule has 0 unspecified atom stereocenters. The molecule has 3 heterocycles. The van der Waals surface area contributed by atoms with Crippen LogP contribution in [-0.2, 0) is 14.3 Å². The Kier molecular flexibility index (Phi) is 6.40. The summed E-state index contributed by atoms with van der Waals surface area (Å²) in [6.45, 7) is 4.81. The smallest absolute Gasteiger partial charge is 0.338 e. The van der Waals surface area contributed by atoms with Gasteiger partial charge in [-0.15, -0.1) is 0 Å². The fraction of sp³-hybridized carbons (Fsp3) is 0.308. The van der Waals surface area contributed by atoms with Crippen LogP contribution in [0.3, 0.4) is 0 Å². The summed E-state index contributed by atoms with van der Waals surface area (Å²) in [5.41, 5.74) is 2.78. The third-order valence-corrected chi connectivity index (χ3v) is 6.77. The number of benzene rings is 2. The zero-order chi connectivity index (χ0) is 24.5. The number of aromatic nitrogens is 1. The molecule has 2 aliphatic heterocycles. The molecule has 2 saturated heterocycles. The monoisotopic (exact) mass is 492 g/mol. The molecular weight excluding hydrogens is 468 g/mol. The average Bonchev–Trinajstić information content (AvgIpc) is 3.17. The Hall–Kier alpha value is -3.49. The number of hydrogen-bond donors (Lipinski definition) is 0. The summed E-state index contributed by atoms with van der Waals surface area (Å²) < 4.78 is 5.00. The van der Waals surface area contributed by atoms with E-state index in [9.17, 15) is 14.4 Å². The van der Waals surface area contributed by atoms with E-state index in [1.807, 2.05) is 24.3 Å². The van der Waals surface area contributed by atoms with Crippen molar-refractivity contribution < 1.29 is 19.1 Å². The van der Waals surface area contributed by atoms with E-state index in [-0.39, 0.29) is 24.8 Å². The van der Waals surface area contributed by atoms with Crippen molar-refractivity contribution in [2.75, 3.05) is 42.6 Å². The molecule has 180 valence electrons. The average molecular weight is 493 g/mol. The highest BCUT2D eigenvalue weighted by Gasteiger charge is 2.43. The normalized spacial score (nSPS) is 19.0. The highest BCUT2D eigenvalue weighted by molar-refractivity contribution is 6.31. The molecule has 0 bridgehead atoms. The van der Waals surface area contributed by atoms with Crippen molar-refractivity contribution in [3.05, 3.63) is 65.3 Å².